The fourth-order valence-electron chi connectivity index (χ4n) is 2.02. The summed E-state index contributed by atoms with van der Waals surface area (Å²) >= 11 is 3.39. The molecule has 0 spiro atoms. The van der Waals surface area contributed by atoms with E-state index in [1.165, 1.54) is 0 Å². The number of carbonyl (C=O) groups is 1. The molecule has 1 aliphatic carbocycles. The first-order valence-electron chi connectivity index (χ1n) is 5.49. The Bertz CT molecular complexity index is 620. The average molecular weight is 292 g/mol. The van der Waals surface area contributed by atoms with Gasteiger partial charge in [0.25, 0.3) is 0 Å². The Balaban J connectivity index is 2.35. The van der Waals surface area contributed by atoms with Crippen molar-refractivity contribution >= 4 is 32.8 Å². The van der Waals surface area contributed by atoms with Crippen molar-refractivity contribution in [1.82, 2.24) is 4.98 Å². The van der Waals surface area contributed by atoms with Crippen LogP contribution in [0.25, 0.3) is 10.9 Å². The van der Waals surface area contributed by atoms with Crippen molar-refractivity contribution in [3.8, 4) is 0 Å². The summed E-state index contributed by atoms with van der Waals surface area (Å²) in [6.07, 6.45) is 2.23. The van der Waals surface area contributed by atoms with Crippen LogP contribution in [0.2, 0.25) is 0 Å². The molecule has 1 heterocycles. The lowest BCUT2D eigenvalue weighted by molar-refractivity contribution is 0.0699. The molecule has 3 rings (SSSR count). The first kappa shape index (κ1) is 10.7. The van der Waals surface area contributed by atoms with Gasteiger partial charge in [0.1, 0.15) is 0 Å². The van der Waals surface area contributed by atoms with Crippen molar-refractivity contribution in [3.63, 3.8) is 0 Å². The van der Waals surface area contributed by atoms with E-state index in [0.29, 0.717) is 16.9 Å². The number of nitrogens with zero attached hydrogens (tertiary/aromatic N) is 1. The average Bonchev–Trinajstić information content (AvgIpc) is 3.11. The van der Waals surface area contributed by atoms with E-state index in [1.807, 2.05) is 18.2 Å². The molecule has 17 heavy (non-hydrogen) atoms. The number of hydrogen-bond donors (Lipinski definition) is 1. The predicted octanol–water partition coefficient (Wildman–Crippen LogP) is 3.57. The molecule has 0 radical (unpaired) electrons. The predicted molar refractivity (Wildman–Crippen MR) is 68.4 cm³/mol. The van der Waals surface area contributed by atoms with Crippen LogP contribution in [-0.4, -0.2) is 16.1 Å². The molecule has 4 heteroatoms. The van der Waals surface area contributed by atoms with Crippen LogP contribution in [0.5, 0.6) is 0 Å². The minimum absolute atomic E-state index is 0.337. The summed E-state index contributed by atoms with van der Waals surface area (Å²) in [4.78, 5) is 15.9. The van der Waals surface area contributed by atoms with Crippen LogP contribution >= 0.6 is 15.9 Å². The molecule has 1 aromatic carbocycles. The molecule has 0 saturated heterocycles. The minimum atomic E-state index is -0.897. The Kier molecular flexibility index (Phi) is 2.40. The van der Waals surface area contributed by atoms with E-state index in [0.717, 1.165) is 28.5 Å². The van der Waals surface area contributed by atoms with Gasteiger partial charge >= 0.3 is 5.97 Å². The van der Waals surface area contributed by atoms with Crippen molar-refractivity contribution in [2.24, 2.45) is 0 Å². The lowest BCUT2D eigenvalue weighted by atomic mass is 10.1. The highest BCUT2D eigenvalue weighted by Gasteiger charge is 2.27. The van der Waals surface area contributed by atoms with Crippen molar-refractivity contribution < 1.29 is 9.90 Å². The largest absolute Gasteiger partial charge is 0.478 e. The highest BCUT2D eigenvalue weighted by molar-refractivity contribution is 9.10. The van der Waals surface area contributed by atoms with Gasteiger partial charge in [0.05, 0.1) is 11.1 Å². The number of fused-ring (bicyclic) bond motifs is 1. The molecule has 0 amide bonds. The van der Waals surface area contributed by atoms with E-state index in [9.17, 15) is 9.90 Å². The summed E-state index contributed by atoms with van der Waals surface area (Å²) in [5.41, 5.74) is 2.00. The first-order chi connectivity index (χ1) is 8.16. The van der Waals surface area contributed by atoms with E-state index >= 15 is 0 Å². The molecule has 1 aliphatic rings. The van der Waals surface area contributed by atoms with Crippen LogP contribution in [0.3, 0.4) is 0 Å². The Morgan fingerprint density at radius 3 is 2.82 bits per heavy atom. The maximum atomic E-state index is 11.3. The zero-order chi connectivity index (χ0) is 12.0. The summed E-state index contributed by atoms with van der Waals surface area (Å²) in [5.74, 6) is -0.442. The molecule has 3 nitrogen and oxygen atoms in total. The molecule has 0 aliphatic heterocycles. The van der Waals surface area contributed by atoms with Crippen molar-refractivity contribution in [2.45, 2.75) is 18.8 Å². The van der Waals surface area contributed by atoms with Gasteiger partial charge in [0, 0.05) is 21.5 Å². The van der Waals surface area contributed by atoms with Crippen LogP contribution in [0, 0.1) is 0 Å². The van der Waals surface area contributed by atoms with Gasteiger partial charge < -0.3 is 5.11 Å². The highest BCUT2D eigenvalue weighted by Crippen LogP contribution is 2.40. The number of rotatable bonds is 2. The Hall–Kier alpha value is -1.42. The van der Waals surface area contributed by atoms with Gasteiger partial charge in [0.15, 0.2) is 0 Å². The second kappa shape index (κ2) is 3.81. The number of benzene rings is 1. The zero-order valence-electron chi connectivity index (χ0n) is 8.98. The van der Waals surface area contributed by atoms with Crippen molar-refractivity contribution in [3.05, 3.63) is 40.0 Å². The number of aromatic nitrogens is 1. The van der Waals surface area contributed by atoms with Crippen molar-refractivity contribution in [1.29, 1.82) is 0 Å². The summed E-state index contributed by atoms with van der Waals surface area (Å²) in [6, 6.07) is 7.29. The highest BCUT2D eigenvalue weighted by atomic mass is 79.9. The lowest BCUT2D eigenvalue weighted by Gasteiger charge is -2.07. The summed E-state index contributed by atoms with van der Waals surface area (Å²) in [6.45, 7) is 0. The molecule has 1 fully saturated rings. The van der Waals surface area contributed by atoms with E-state index in [4.69, 9.17) is 0 Å². The molecule has 0 unspecified atom stereocenters. The van der Waals surface area contributed by atoms with Gasteiger partial charge in [-0.25, -0.2) is 4.79 Å². The van der Waals surface area contributed by atoms with Crippen LogP contribution in [0.15, 0.2) is 28.7 Å². The fraction of sp³-hybridized carbons (Fsp3) is 0.231. The lowest BCUT2D eigenvalue weighted by Crippen LogP contribution is -2.01. The number of aromatic carboxylic acids is 1. The summed E-state index contributed by atoms with van der Waals surface area (Å²) in [7, 11) is 0. The molecule has 1 aromatic heterocycles. The molecule has 2 aromatic rings. The van der Waals surface area contributed by atoms with Gasteiger partial charge in [-0.05, 0) is 31.0 Å². The van der Waals surface area contributed by atoms with E-state index in [2.05, 4.69) is 20.9 Å². The van der Waals surface area contributed by atoms with Crippen LogP contribution in [0.1, 0.15) is 34.8 Å². The van der Waals surface area contributed by atoms with Gasteiger partial charge in [-0.2, -0.15) is 0 Å². The molecular formula is C13H10BrNO2. The normalized spacial score (nSPS) is 15.1. The van der Waals surface area contributed by atoms with Crippen LogP contribution in [0.4, 0.5) is 0 Å². The molecule has 1 N–H and O–H groups in total. The van der Waals surface area contributed by atoms with Gasteiger partial charge in [-0.15, -0.1) is 0 Å². The number of pyridine rings is 1. The molecule has 86 valence electrons. The minimum Gasteiger partial charge on any atom is -0.478 e. The summed E-state index contributed by atoms with van der Waals surface area (Å²) in [5, 5.41) is 9.97. The molecule has 1 saturated carbocycles. The SMILES string of the molecule is O=C(O)c1cc(C2CC2)nc2cccc(Br)c12. The fourth-order valence-corrected chi connectivity index (χ4v) is 2.59. The van der Waals surface area contributed by atoms with Gasteiger partial charge in [0.2, 0.25) is 0 Å². The van der Waals surface area contributed by atoms with Gasteiger partial charge in [-0.1, -0.05) is 22.0 Å². The Morgan fingerprint density at radius 1 is 1.41 bits per heavy atom. The first-order valence-corrected chi connectivity index (χ1v) is 6.28. The third-order valence-electron chi connectivity index (χ3n) is 3.03. The standard InChI is InChI=1S/C13H10BrNO2/c14-9-2-1-3-10-12(9)8(13(16)17)6-11(15-10)7-4-5-7/h1-3,6-7H,4-5H2,(H,16,17). The number of carboxylic acid groups (broad SMARTS) is 1. The van der Waals surface area contributed by atoms with Crippen LogP contribution in [-0.2, 0) is 0 Å². The topological polar surface area (TPSA) is 50.2 Å². The summed E-state index contributed by atoms with van der Waals surface area (Å²) < 4.78 is 0.780. The molecule has 0 atom stereocenters. The third kappa shape index (κ3) is 1.82. The van der Waals surface area contributed by atoms with Crippen molar-refractivity contribution in [2.75, 3.05) is 0 Å². The smallest absolute Gasteiger partial charge is 0.336 e. The zero-order valence-corrected chi connectivity index (χ0v) is 10.6. The third-order valence-corrected chi connectivity index (χ3v) is 3.69. The second-order valence-corrected chi connectivity index (χ2v) is 5.16. The van der Waals surface area contributed by atoms with E-state index < -0.39 is 5.97 Å². The van der Waals surface area contributed by atoms with Crippen LogP contribution < -0.4 is 0 Å². The second-order valence-electron chi connectivity index (χ2n) is 4.31. The Morgan fingerprint density at radius 2 is 2.18 bits per heavy atom. The van der Waals surface area contributed by atoms with Gasteiger partial charge in [-0.3, -0.25) is 4.98 Å². The molecule has 0 bridgehead atoms. The Labute approximate surface area is 107 Å². The maximum Gasteiger partial charge on any atom is 0.336 e. The quantitative estimate of drug-likeness (QED) is 0.920. The number of hydrogen-bond acceptors (Lipinski definition) is 2. The van der Waals surface area contributed by atoms with E-state index in [1.54, 1.807) is 6.07 Å². The molecular weight excluding hydrogens is 282 g/mol. The van der Waals surface area contributed by atoms with E-state index in [-0.39, 0.29) is 0 Å². The number of carboxylic acids is 1. The maximum absolute atomic E-state index is 11.3. The monoisotopic (exact) mass is 291 g/mol. The number of halogens is 1.